The zero-order valence-electron chi connectivity index (χ0n) is 50.2. The summed E-state index contributed by atoms with van der Waals surface area (Å²) in [5.74, 6) is -8.38. The Morgan fingerprint density at radius 2 is 0.820 bits per heavy atom. The summed E-state index contributed by atoms with van der Waals surface area (Å²) in [4.78, 5) is 10.6. The number of aromatic nitrogens is 15. The Hall–Kier alpha value is -7.99. The smallest absolute Gasteiger partial charge is 0.463 e. The van der Waals surface area contributed by atoms with Crippen LogP contribution in [0.5, 0.6) is 17.6 Å². The lowest BCUT2D eigenvalue weighted by Gasteiger charge is -2.32. The Balaban J connectivity index is 0.000000451. The number of hydrogen-bond donors (Lipinski definition) is 1. The molecule has 0 aromatic carbocycles. The monoisotopic (exact) mass is 1520 g/mol. The van der Waals surface area contributed by atoms with Gasteiger partial charge in [0.15, 0.2) is 52.7 Å². The van der Waals surface area contributed by atoms with Gasteiger partial charge in [-0.1, -0.05) is 41.3 Å². The van der Waals surface area contributed by atoms with Crippen LogP contribution in [0.2, 0.25) is 5.15 Å². The molecule has 1 fully saturated rings. The molecule has 0 aliphatic carbocycles. The van der Waals surface area contributed by atoms with Crippen molar-refractivity contribution in [3.05, 3.63) is 113 Å². The molecule has 9 aromatic heterocycles. The number of hydrogen-bond acceptors (Lipinski definition) is 19. The summed E-state index contributed by atoms with van der Waals surface area (Å²) in [5.41, 5.74) is -0.883. The fourth-order valence-electron chi connectivity index (χ4n) is 7.08. The molecule has 0 bridgehead atoms. The van der Waals surface area contributed by atoms with Crippen molar-refractivity contribution in [1.82, 2.24) is 74.4 Å². The second kappa shape index (κ2) is 34.1. The third-order valence-electron chi connectivity index (χ3n) is 12.7. The van der Waals surface area contributed by atoms with Gasteiger partial charge >= 0.3 is 42.5 Å². The molecule has 0 spiro atoms. The molecular formula is C56H63BCl3F18N15O7. The Kier molecular flexibility index (Phi) is 30.1. The first-order chi connectivity index (χ1) is 44.2. The third-order valence-corrected chi connectivity index (χ3v) is 13.2. The highest BCUT2D eigenvalue weighted by Crippen LogP contribution is 2.38. The van der Waals surface area contributed by atoms with E-state index < -0.39 is 125 Å². The van der Waals surface area contributed by atoms with Crippen molar-refractivity contribution in [2.75, 3.05) is 13.2 Å². The van der Waals surface area contributed by atoms with E-state index in [0.29, 0.717) is 18.4 Å². The van der Waals surface area contributed by atoms with Gasteiger partial charge in [-0.2, -0.15) is 94.7 Å². The highest BCUT2D eigenvalue weighted by molar-refractivity contribution is 6.62. The van der Waals surface area contributed by atoms with E-state index in [0.717, 1.165) is 46.5 Å². The van der Waals surface area contributed by atoms with Gasteiger partial charge in [-0.25, -0.2) is 28.1 Å². The summed E-state index contributed by atoms with van der Waals surface area (Å²) >= 11 is 15.2. The van der Waals surface area contributed by atoms with Gasteiger partial charge in [0, 0.05) is 41.8 Å². The van der Waals surface area contributed by atoms with Gasteiger partial charge in [-0.3, -0.25) is 0 Å². The largest absolute Gasteiger partial charge is 0.496 e. The van der Waals surface area contributed by atoms with E-state index in [1.54, 1.807) is 6.92 Å². The predicted molar refractivity (Wildman–Crippen MR) is 327 cm³/mol. The molecule has 44 heteroatoms. The molecule has 10 heterocycles. The Labute approximate surface area is 572 Å². The summed E-state index contributed by atoms with van der Waals surface area (Å²) in [6.45, 7) is 12.5. The maximum atomic E-state index is 14.2. The fourth-order valence-corrected chi connectivity index (χ4v) is 7.45. The number of ether oxygens (including phenoxy) is 4. The van der Waals surface area contributed by atoms with Crippen molar-refractivity contribution < 1.29 is 112 Å². The van der Waals surface area contributed by atoms with Gasteiger partial charge in [-0.05, 0) is 140 Å². The quantitative estimate of drug-likeness (QED) is 0.0604. The second-order valence-electron chi connectivity index (χ2n) is 20.3. The Bertz CT molecular complexity index is 4110. The van der Waals surface area contributed by atoms with Crippen molar-refractivity contribution in [1.29, 1.82) is 0 Å². The molecular weight excluding hydrogens is 1450 g/mol. The number of halogens is 21. The van der Waals surface area contributed by atoms with Gasteiger partial charge in [0.25, 0.3) is 23.5 Å². The SMILES string of the molecule is C.C.C.C.CCO.CCOC(F)(F)c1nnc2ccc(-c3cnc(O[C@H](C)C(F)(F)F)c(F)c3)nn12.C[C@@H](Oc1ncc(-c2ccc3nnc(C(F)(F)Cl)n3n2)cc1F)C(F)(F)F.C[C@@H](Oc1ncc(B2OC(C)(C)C(C)(C)O2)cc1F)C(F)(F)F.FC(F)(Cl)c1nnc2ccc(Cl)nn12. The maximum Gasteiger partial charge on any atom is 0.496 e. The summed E-state index contributed by atoms with van der Waals surface area (Å²) < 4.78 is 266. The van der Waals surface area contributed by atoms with Gasteiger partial charge in [-0.15, -0.1) is 30.6 Å². The van der Waals surface area contributed by atoms with E-state index in [4.69, 9.17) is 49.2 Å². The van der Waals surface area contributed by atoms with Crippen molar-refractivity contribution in [3.63, 3.8) is 0 Å². The average molecular weight is 1520 g/mol. The molecule has 100 heavy (non-hydrogen) atoms. The molecule has 1 aliphatic rings. The summed E-state index contributed by atoms with van der Waals surface area (Å²) in [5, 5.41) is 31.8. The van der Waals surface area contributed by atoms with Crippen LogP contribution in [0.25, 0.3) is 39.5 Å². The normalized spacial score (nSPS) is 14.5. The first-order valence-electron chi connectivity index (χ1n) is 26.9. The predicted octanol–water partition coefficient (Wildman–Crippen LogP) is 15.1. The van der Waals surface area contributed by atoms with E-state index in [2.05, 4.69) is 79.8 Å². The van der Waals surface area contributed by atoms with Gasteiger partial charge < -0.3 is 33.4 Å². The van der Waals surface area contributed by atoms with E-state index in [-0.39, 0.29) is 93.0 Å². The number of pyridine rings is 3. The van der Waals surface area contributed by atoms with Crippen LogP contribution in [0, 0.1) is 17.5 Å². The van der Waals surface area contributed by atoms with Crippen molar-refractivity contribution in [2.45, 2.75) is 157 Å². The van der Waals surface area contributed by atoms with Crippen LogP contribution in [0.4, 0.5) is 79.0 Å². The zero-order chi connectivity index (χ0) is 72.1. The standard InChI is InChI=1S/C16H13F6N5O2.C14H18BF4NO3.C14H8ClF6N5O.C6H2Cl2F2N4.C2H6O.4CH4/c1-3-28-16(21,22)14-25-24-12-5-4-11(26-27(12)14)9-6-10(17)13(23-7-9)29-8(2)15(18,19)20;1-8(14(17,18)19)21-11-10(16)6-9(7-20-11)15-22-12(2,3)13(4,5)23-15;1-6(14(19,20)21)27-11-8(16)4-7(5-22-11)9-2-3-10-23-24-12(13(15,17)18)26(10)25-9;7-3-1-2-4-11-12-5(6(8,9)10)14(4)13-3;1-2-3;;;;/h4-8H,3H2,1-2H3;6-8H,1-5H3;2-6H,1H3;1-2H;3H,2H2,1H3;4*1H4/t2*8-;6-;;;;;;/m111....../s1. The molecule has 0 saturated carbocycles. The van der Waals surface area contributed by atoms with Crippen molar-refractivity contribution in [3.8, 4) is 40.2 Å². The Morgan fingerprint density at radius 3 is 1.15 bits per heavy atom. The number of nitrogens with zero attached hydrogens (tertiary/aromatic N) is 15. The van der Waals surface area contributed by atoms with Gasteiger partial charge in [0.1, 0.15) is 5.15 Å². The van der Waals surface area contributed by atoms with Crippen LogP contribution in [-0.4, -0.2) is 148 Å². The summed E-state index contributed by atoms with van der Waals surface area (Å²) in [7, 11) is -0.851. The van der Waals surface area contributed by atoms with Crippen LogP contribution >= 0.6 is 34.8 Å². The minimum atomic E-state index is -4.70. The molecule has 0 radical (unpaired) electrons. The molecule has 9 aromatic rings. The molecule has 10 rings (SSSR count). The number of aliphatic hydroxyl groups is 1. The lowest BCUT2D eigenvalue weighted by atomic mass is 9.80. The molecule has 22 nitrogen and oxygen atoms in total. The van der Waals surface area contributed by atoms with Crippen LogP contribution in [0.3, 0.4) is 0 Å². The first kappa shape index (κ1) is 88.1. The maximum absolute atomic E-state index is 14.2. The molecule has 3 atom stereocenters. The lowest BCUT2D eigenvalue weighted by molar-refractivity contribution is -0.252. The topological polar surface area (TPSA) is 244 Å². The number of rotatable bonds is 14. The molecule has 0 unspecified atom stereocenters. The van der Waals surface area contributed by atoms with Crippen LogP contribution in [0.1, 0.15) is 109 Å². The van der Waals surface area contributed by atoms with Crippen molar-refractivity contribution >= 4 is 64.3 Å². The van der Waals surface area contributed by atoms with Crippen LogP contribution in [-0.2, 0) is 30.9 Å². The highest BCUT2D eigenvalue weighted by atomic mass is 35.5. The van der Waals surface area contributed by atoms with Crippen LogP contribution in [0.15, 0.2) is 73.2 Å². The number of aliphatic hydroxyl groups excluding tert-OH is 1. The zero-order valence-corrected chi connectivity index (χ0v) is 52.5. The van der Waals surface area contributed by atoms with E-state index in [9.17, 15) is 79.0 Å². The van der Waals surface area contributed by atoms with E-state index in [1.165, 1.54) is 49.5 Å². The molecule has 0 amide bonds. The summed E-state index contributed by atoms with van der Waals surface area (Å²) in [6, 6.07) is 10.7. The molecule has 554 valence electrons. The number of fused-ring (bicyclic) bond motifs is 3. The molecule has 1 aliphatic heterocycles. The average Bonchev–Trinajstić information content (AvgIpc) is 1.61. The lowest BCUT2D eigenvalue weighted by Crippen LogP contribution is -2.41. The highest BCUT2D eigenvalue weighted by Gasteiger charge is 2.52. The second-order valence-corrected chi connectivity index (χ2v) is 21.6. The minimum Gasteiger partial charge on any atom is -0.463 e. The van der Waals surface area contributed by atoms with E-state index >= 15 is 0 Å². The first-order valence-corrected chi connectivity index (χ1v) is 28.0. The van der Waals surface area contributed by atoms with E-state index in [1.807, 2.05) is 27.7 Å². The fraction of sp³-hybridized carbons (Fsp3) is 0.464. The number of alkyl halides is 17. The van der Waals surface area contributed by atoms with Crippen molar-refractivity contribution in [2.24, 2.45) is 0 Å². The Morgan fingerprint density at radius 1 is 0.500 bits per heavy atom. The molecule has 1 N–H and O–H groups in total. The van der Waals surface area contributed by atoms with Gasteiger partial charge in [0.05, 0.1) is 29.2 Å². The third kappa shape index (κ3) is 22.0. The van der Waals surface area contributed by atoms with Gasteiger partial charge in [0.2, 0.25) is 11.6 Å². The minimum absolute atomic E-state index is 0. The summed E-state index contributed by atoms with van der Waals surface area (Å²) in [6.07, 6.45) is -21.3. The van der Waals surface area contributed by atoms with Crippen LogP contribution < -0.4 is 19.7 Å². The molecule has 1 saturated heterocycles.